The van der Waals surface area contributed by atoms with Crippen LogP contribution in [0, 0.1) is 5.92 Å². The first-order chi connectivity index (χ1) is 10.3. The number of H-pyrrole nitrogens is 1. The number of aromatic amines is 1. The number of hydrogen-bond acceptors (Lipinski definition) is 4. The van der Waals surface area contributed by atoms with E-state index in [0.717, 1.165) is 40.4 Å². The molecule has 2 aromatic heterocycles. The van der Waals surface area contributed by atoms with Crippen molar-refractivity contribution in [3.63, 3.8) is 0 Å². The lowest BCUT2D eigenvalue weighted by Crippen LogP contribution is -2.07. The SMILES string of the molecule is Nc1nc(NCC2CC2)cc(-c2c[nH]c3ccccc23)n1. The summed E-state index contributed by atoms with van der Waals surface area (Å²) in [4.78, 5) is 11.9. The highest BCUT2D eigenvalue weighted by molar-refractivity contribution is 5.94. The quantitative estimate of drug-likeness (QED) is 0.686. The van der Waals surface area contributed by atoms with Gasteiger partial charge in [-0.1, -0.05) is 18.2 Å². The zero-order valence-electron chi connectivity index (χ0n) is 11.6. The summed E-state index contributed by atoms with van der Waals surface area (Å²) < 4.78 is 0. The molecule has 0 bridgehead atoms. The Labute approximate surface area is 122 Å². The van der Waals surface area contributed by atoms with Crippen molar-refractivity contribution in [2.45, 2.75) is 12.8 Å². The Kier molecular flexibility index (Phi) is 2.77. The van der Waals surface area contributed by atoms with Crippen LogP contribution in [0.15, 0.2) is 36.5 Å². The van der Waals surface area contributed by atoms with Gasteiger partial charge in [-0.3, -0.25) is 0 Å². The van der Waals surface area contributed by atoms with Crippen LogP contribution >= 0.6 is 0 Å². The van der Waals surface area contributed by atoms with Crippen LogP contribution in [-0.4, -0.2) is 21.5 Å². The molecular weight excluding hydrogens is 262 g/mol. The summed E-state index contributed by atoms with van der Waals surface area (Å²) in [5.74, 6) is 1.89. The van der Waals surface area contributed by atoms with Crippen LogP contribution in [0.5, 0.6) is 0 Å². The topological polar surface area (TPSA) is 79.6 Å². The van der Waals surface area contributed by atoms with Gasteiger partial charge in [0.15, 0.2) is 0 Å². The maximum absolute atomic E-state index is 5.86. The van der Waals surface area contributed by atoms with Crippen LogP contribution in [0.25, 0.3) is 22.2 Å². The average molecular weight is 279 g/mol. The lowest BCUT2D eigenvalue weighted by molar-refractivity contribution is 0.882. The van der Waals surface area contributed by atoms with Crippen molar-refractivity contribution in [2.75, 3.05) is 17.6 Å². The van der Waals surface area contributed by atoms with Gasteiger partial charge in [-0.2, -0.15) is 4.98 Å². The summed E-state index contributed by atoms with van der Waals surface area (Å²) in [6, 6.07) is 10.1. The first kappa shape index (κ1) is 12.2. The molecule has 1 saturated carbocycles. The lowest BCUT2D eigenvalue weighted by atomic mass is 10.1. The number of hydrogen-bond donors (Lipinski definition) is 3. The fraction of sp³-hybridized carbons (Fsp3) is 0.250. The third kappa shape index (κ3) is 2.42. The van der Waals surface area contributed by atoms with Crippen LogP contribution in [-0.2, 0) is 0 Å². The molecular formula is C16H17N5. The van der Waals surface area contributed by atoms with Gasteiger partial charge < -0.3 is 16.0 Å². The van der Waals surface area contributed by atoms with E-state index in [-0.39, 0.29) is 0 Å². The molecule has 21 heavy (non-hydrogen) atoms. The molecule has 5 heteroatoms. The fourth-order valence-corrected chi connectivity index (χ4v) is 2.55. The van der Waals surface area contributed by atoms with E-state index < -0.39 is 0 Å². The summed E-state index contributed by atoms with van der Waals surface area (Å²) in [7, 11) is 0. The fourth-order valence-electron chi connectivity index (χ4n) is 2.55. The van der Waals surface area contributed by atoms with Crippen molar-refractivity contribution in [2.24, 2.45) is 5.92 Å². The highest BCUT2D eigenvalue weighted by Crippen LogP contribution is 2.31. The van der Waals surface area contributed by atoms with Crippen LogP contribution in [0.3, 0.4) is 0 Å². The number of anilines is 2. The molecule has 1 fully saturated rings. The van der Waals surface area contributed by atoms with E-state index in [9.17, 15) is 0 Å². The second kappa shape index (κ2) is 4.77. The highest BCUT2D eigenvalue weighted by atomic mass is 15.1. The Morgan fingerprint density at radius 2 is 2.10 bits per heavy atom. The van der Waals surface area contributed by atoms with Gasteiger partial charge in [-0.05, 0) is 24.8 Å². The minimum atomic E-state index is 0.302. The minimum Gasteiger partial charge on any atom is -0.370 e. The first-order valence-electron chi connectivity index (χ1n) is 7.24. The van der Waals surface area contributed by atoms with Crippen molar-refractivity contribution in [1.29, 1.82) is 0 Å². The second-order valence-electron chi connectivity index (χ2n) is 5.57. The number of nitrogen functional groups attached to an aromatic ring is 1. The van der Waals surface area contributed by atoms with Gasteiger partial charge in [-0.15, -0.1) is 0 Å². The second-order valence-corrected chi connectivity index (χ2v) is 5.57. The molecule has 0 spiro atoms. The van der Waals surface area contributed by atoms with Crippen LogP contribution < -0.4 is 11.1 Å². The van der Waals surface area contributed by atoms with Gasteiger partial charge in [0, 0.05) is 35.3 Å². The van der Waals surface area contributed by atoms with E-state index in [1.54, 1.807) is 0 Å². The van der Waals surface area contributed by atoms with E-state index in [1.807, 2.05) is 24.4 Å². The van der Waals surface area contributed by atoms with Gasteiger partial charge >= 0.3 is 0 Å². The summed E-state index contributed by atoms with van der Waals surface area (Å²) >= 11 is 0. The monoisotopic (exact) mass is 279 g/mol. The van der Waals surface area contributed by atoms with Crippen LogP contribution in [0.4, 0.5) is 11.8 Å². The van der Waals surface area contributed by atoms with E-state index in [0.29, 0.717) is 5.95 Å². The molecule has 0 atom stereocenters. The number of nitrogens with zero attached hydrogens (tertiary/aromatic N) is 2. The Morgan fingerprint density at radius 3 is 2.95 bits per heavy atom. The molecule has 0 amide bonds. The predicted octanol–water partition coefficient (Wildman–Crippen LogP) is 3.03. The van der Waals surface area contributed by atoms with E-state index in [2.05, 4.69) is 32.4 Å². The Morgan fingerprint density at radius 1 is 1.24 bits per heavy atom. The van der Waals surface area contributed by atoms with Crippen LogP contribution in [0.1, 0.15) is 12.8 Å². The molecule has 3 aromatic rings. The standard InChI is InChI=1S/C16H17N5/c17-16-20-14(7-15(21-16)19-8-10-5-6-10)12-9-18-13-4-2-1-3-11(12)13/h1-4,7,9-10,18H,5-6,8H2,(H3,17,19,20,21). The summed E-state index contributed by atoms with van der Waals surface area (Å²) in [6.45, 7) is 0.962. The number of benzene rings is 1. The smallest absolute Gasteiger partial charge is 0.222 e. The Balaban J connectivity index is 1.72. The largest absolute Gasteiger partial charge is 0.370 e. The molecule has 1 aromatic carbocycles. The van der Waals surface area contributed by atoms with Gasteiger partial charge in [0.25, 0.3) is 0 Å². The van der Waals surface area contributed by atoms with Gasteiger partial charge in [-0.25, -0.2) is 4.98 Å². The molecule has 0 saturated heterocycles. The molecule has 0 radical (unpaired) electrons. The number of nitrogens with one attached hydrogen (secondary N) is 2. The first-order valence-corrected chi connectivity index (χ1v) is 7.24. The molecule has 1 aliphatic rings. The number of rotatable bonds is 4. The molecule has 2 heterocycles. The number of aromatic nitrogens is 3. The Bertz CT molecular complexity index is 788. The summed E-state index contributed by atoms with van der Waals surface area (Å²) in [5, 5.41) is 4.50. The maximum Gasteiger partial charge on any atom is 0.222 e. The Hall–Kier alpha value is -2.56. The third-order valence-electron chi connectivity index (χ3n) is 3.88. The third-order valence-corrected chi connectivity index (χ3v) is 3.88. The van der Waals surface area contributed by atoms with E-state index in [1.165, 1.54) is 12.8 Å². The highest BCUT2D eigenvalue weighted by Gasteiger charge is 2.21. The van der Waals surface area contributed by atoms with Crippen molar-refractivity contribution >= 4 is 22.7 Å². The average Bonchev–Trinajstić information content (AvgIpc) is 3.22. The predicted molar refractivity (Wildman–Crippen MR) is 85.0 cm³/mol. The van der Waals surface area contributed by atoms with Crippen molar-refractivity contribution in [3.05, 3.63) is 36.5 Å². The normalized spacial score (nSPS) is 14.5. The minimum absolute atomic E-state index is 0.302. The zero-order chi connectivity index (χ0) is 14.2. The molecule has 0 aliphatic heterocycles. The number of nitrogens with two attached hydrogens (primary N) is 1. The molecule has 106 valence electrons. The molecule has 5 nitrogen and oxygen atoms in total. The zero-order valence-corrected chi connectivity index (χ0v) is 11.6. The number of para-hydroxylation sites is 1. The summed E-state index contributed by atoms with van der Waals surface area (Å²) in [6.07, 6.45) is 4.59. The van der Waals surface area contributed by atoms with Crippen LogP contribution in [0.2, 0.25) is 0 Å². The van der Waals surface area contributed by atoms with Gasteiger partial charge in [0.2, 0.25) is 5.95 Å². The van der Waals surface area contributed by atoms with E-state index in [4.69, 9.17) is 5.73 Å². The molecule has 4 N–H and O–H groups in total. The number of fused-ring (bicyclic) bond motifs is 1. The van der Waals surface area contributed by atoms with Crippen molar-refractivity contribution in [1.82, 2.24) is 15.0 Å². The molecule has 0 unspecified atom stereocenters. The van der Waals surface area contributed by atoms with Crippen molar-refractivity contribution in [3.8, 4) is 11.3 Å². The maximum atomic E-state index is 5.86. The molecule has 4 rings (SSSR count). The lowest BCUT2D eigenvalue weighted by Gasteiger charge is -2.07. The van der Waals surface area contributed by atoms with Crippen molar-refractivity contribution < 1.29 is 0 Å². The van der Waals surface area contributed by atoms with E-state index >= 15 is 0 Å². The van der Waals surface area contributed by atoms with Gasteiger partial charge in [0.1, 0.15) is 5.82 Å². The van der Waals surface area contributed by atoms with Gasteiger partial charge in [0.05, 0.1) is 5.69 Å². The molecule has 1 aliphatic carbocycles. The summed E-state index contributed by atoms with van der Waals surface area (Å²) in [5.41, 5.74) is 8.85.